The second kappa shape index (κ2) is 8.11. The van der Waals surface area contributed by atoms with Gasteiger partial charge in [-0.1, -0.05) is 5.11 Å². The van der Waals surface area contributed by atoms with Crippen LogP contribution in [0.4, 0.5) is 14.6 Å². The number of aromatic nitrogens is 2. The molecule has 2 heterocycles. The Bertz CT molecular complexity index is 1270. The first-order valence-corrected chi connectivity index (χ1v) is 12.8. The molecule has 2 aliphatic rings. The van der Waals surface area contributed by atoms with Crippen LogP contribution in [0.25, 0.3) is 10.4 Å². The molecule has 1 saturated carbocycles. The van der Waals surface area contributed by atoms with E-state index >= 15 is 8.78 Å². The minimum atomic E-state index is -6.02. The van der Waals surface area contributed by atoms with Crippen molar-refractivity contribution in [1.29, 1.82) is 0 Å². The highest BCUT2D eigenvalue weighted by Crippen LogP contribution is 2.75. The number of phosphoric ester groups is 1. The molecule has 0 radical (unpaired) electrons. The molecule has 19 nitrogen and oxygen atoms in total. The molecule has 34 heavy (non-hydrogen) atoms. The van der Waals surface area contributed by atoms with Crippen molar-refractivity contribution in [1.82, 2.24) is 9.55 Å². The van der Waals surface area contributed by atoms with Gasteiger partial charge in [0.1, 0.15) is 17.5 Å². The van der Waals surface area contributed by atoms with Crippen LogP contribution in [0.1, 0.15) is 6.23 Å². The fourth-order valence-corrected chi connectivity index (χ4v) is 6.58. The zero-order chi connectivity index (χ0) is 26.0. The van der Waals surface area contributed by atoms with Gasteiger partial charge in [0.05, 0.1) is 6.54 Å². The van der Waals surface area contributed by atoms with Crippen LogP contribution in [0.2, 0.25) is 0 Å². The van der Waals surface area contributed by atoms with Gasteiger partial charge in [-0.15, -0.1) is 0 Å². The number of hydrogen-bond acceptors (Lipinski definition) is 12. The number of rotatable bonds is 9. The lowest BCUT2D eigenvalue weighted by Gasteiger charge is -2.28. The predicted molar refractivity (Wildman–Crippen MR) is 98.4 cm³/mol. The van der Waals surface area contributed by atoms with Crippen LogP contribution in [0.5, 0.6) is 0 Å². The summed E-state index contributed by atoms with van der Waals surface area (Å²) < 4.78 is 81.1. The number of anilines is 1. The van der Waals surface area contributed by atoms with E-state index in [2.05, 4.69) is 28.2 Å². The van der Waals surface area contributed by atoms with Gasteiger partial charge in [0, 0.05) is 11.1 Å². The molecule has 7 N–H and O–H groups in total. The maximum atomic E-state index is 15.2. The molecule has 0 bridgehead atoms. The van der Waals surface area contributed by atoms with Gasteiger partial charge in [-0.05, 0) is 11.6 Å². The van der Waals surface area contributed by atoms with Gasteiger partial charge >= 0.3 is 35.1 Å². The van der Waals surface area contributed by atoms with Gasteiger partial charge in [-0.25, -0.2) is 18.5 Å². The lowest BCUT2D eigenvalue weighted by Crippen LogP contribution is -2.46. The maximum Gasteiger partial charge on any atom is 0.490 e. The van der Waals surface area contributed by atoms with Crippen molar-refractivity contribution >= 4 is 29.3 Å². The van der Waals surface area contributed by atoms with Crippen molar-refractivity contribution < 1.29 is 65.0 Å². The Labute approximate surface area is 184 Å². The van der Waals surface area contributed by atoms with E-state index in [1.54, 1.807) is 0 Å². The summed E-state index contributed by atoms with van der Waals surface area (Å²) in [5.74, 6) is -4.88. The molecule has 1 saturated heterocycles. The van der Waals surface area contributed by atoms with Gasteiger partial charge in [0.15, 0.2) is 5.60 Å². The maximum absolute atomic E-state index is 15.2. The van der Waals surface area contributed by atoms with E-state index in [1.807, 2.05) is 0 Å². The lowest BCUT2D eigenvalue weighted by molar-refractivity contribution is -0.199. The van der Waals surface area contributed by atoms with Crippen LogP contribution in [-0.4, -0.2) is 64.0 Å². The summed E-state index contributed by atoms with van der Waals surface area (Å²) >= 11 is 0. The Morgan fingerprint density at radius 2 is 1.88 bits per heavy atom. The van der Waals surface area contributed by atoms with E-state index in [-0.39, 0.29) is 10.4 Å². The summed E-state index contributed by atoms with van der Waals surface area (Å²) in [6.07, 6.45) is -4.48. The summed E-state index contributed by atoms with van der Waals surface area (Å²) in [6, 6.07) is 0.929. The molecular weight excluding hydrogens is 543 g/mol. The summed E-state index contributed by atoms with van der Waals surface area (Å²) in [5, 5.41) is 13.6. The smallest absolute Gasteiger partial charge is 0.383 e. The van der Waals surface area contributed by atoms with E-state index in [4.69, 9.17) is 25.8 Å². The van der Waals surface area contributed by atoms with Crippen LogP contribution in [0.3, 0.4) is 0 Å². The number of nitrogens with zero attached hydrogens (tertiary/aromatic N) is 5. The first kappa shape index (κ1) is 26.8. The van der Waals surface area contributed by atoms with Crippen molar-refractivity contribution in [2.75, 3.05) is 12.3 Å². The highest BCUT2D eigenvalue weighted by molar-refractivity contribution is 7.66. The van der Waals surface area contributed by atoms with Crippen molar-refractivity contribution in [3.63, 3.8) is 0 Å². The number of hydrogen-bond donors (Lipinski definition) is 6. The van der Waals surface area contributed by atoms with E-state index in [0.717, 1.165) is 12.3 Å². The molecule has 6 atom stereocenters. The first-order valence-electron chi connectivity index (χ1n) is 8.28. The molecule has 3 unspecified atom stereocenters. The minimum Gasteiger partial charge on any atom is -0.383 e. The lowest BCUT2D eigenvalue weighted by atomic mass is 10.1. The van der Waals surface area contributed by atoms with Gasteiger partial charge in [0.2, 0.25) is 6.23 Å². The first-order chi connectivity index (χ1) is 15.3. The van der Waals surface area contributed by atoms with Gasteiger partial charge in [-0.3, -0.25) is 9.09 Å². The zero-order valence-corrected chi connectivity index (χ0v) is 18.6. The SMILES string of the molecule is [N-]=[N+]=NC[C@]12O[C@@H](n3ccc(N)nc3=O)C(F)(F)[C@@]1(O)C2OP(=O)(O)OP(=O)(O)OP(=O)(O)O. The number of nitrogens with two attached hydrogens (primary N) is 1. The van der Waals surface area contributed by atoms with E-state index in [9.17, 15) is 33.4 Å². The number of aliphatic hydroxyl groups is 1. The monoisotopic (exact) mass is 556 g/mol. The standard InChI is InChI=1S/C10H13F2N6O13P3/c11-10(12)6(18-2-1-4(13)16-7(18)19)28-8(3-15-17-14)5(9(8,10)20)29-33(24,25)31-34(26,27)30-32(21,22)23/h1-2,5-6,20H,3H2,(H,24,25)(H,26,27)(H2,13,16,19)(H2,21,22,23)/t5?,6-,8-,9-/m1/s1. The fourth-order valence-electron chi connectivity index (χ4n) is 3.33. The Kier molecular flexibility index (Phi) is 6.39. The number of halogens is 2. The summed E-state index contributed by atoms with van der Waals surface area (Å²) in [4.78, 5) is 53.3. The fraction of sp³-hybridized carbons (Fsp3) is 0.600. The van der Waals surface area contributed by atoms with E-state index in [0.29, 0.717) is 0 Å². The molecule has 1 aliphatic heterocycles. The van der Waals surface area contributed by atoms with Crippen molar-refractivity contribution in [2.24, 2.45) is 5.11 Å². The molecule has 3 rings (SSSR count). The molecule has 0 spiro atoms. The van der Waals surface area contributed by atoms with Crippen LogP contribution < -0.4 is 11.4 Å². The zero-order valence-electron chi connectivity index (χ0n) is 15.9. The molecule has 1 aromatic heterocycles. The molecule has 2 fully saturated rings. The third-order valence-corrected chi connectivity index (χ3v) is 8.44. The Morgan fingerprint density at radius 3 is 2.41 bits per heavy atom. The van der Waals surface area contributed by atoms with Crippen LogP contribution in [0.15, 0.2) is 22.2 Å². The average Bonchev–Trinajstić information content (AvgIpc) is 3.05. The largest absolute Gasteiger partial charge is 0.490 e. The minimum absolute atomic E-state index is 0.209. The molecule has 0 amide bonds. The number of azide groups is 1. The molecule has 190 valence electrons. The quantitative estimate of drug-likeness (QED) is 0.0966. The van der Waals surface area contributed by atoms with Gasteiger partial charge < -0.3 is 35.2 Å². The second-order valence-corrected chi connectivity index (χ2v) is 11.1. The third-order valence-electron chi connectivity index (χ3n) is 4.63. The number of nitrogen functional groups attached to an aromatic ring is 1. The molecule has 1 aromatic rings. The Balaban J connectivity index is 1.95. The summed E-state index contributed by atoms with van der Waals surface area (Å²) in [7, 11) is -17.8. The van der Waals surface area contributed by atoms with Gasteiger partial charge in [-0.2, -0.15) is 22.4 Å². The van der Waals surface area contributed by atoms with Gasteiger partial charge in [0.25, 0.3) is 0 Å². The molecule has 24 heteroatoms. The molecule has 0 aromatic carbocycles. The summed E-state index contributed by atoms with van der Waals surface area (Å²) in [6.45, 7) is -1.18. The number of phosphoric acid groups is 3. The number of alkyl halides is 2. The van der Waals surface area contributed by atoms with E-state index in [1.165, 1.54) is 0 Å². The third kappa shape index (κ3) is 4.43. The van der Waals surface area contributed by atoms with Crippen LogP contribution in [0, 0.1) is 0 Å². The topological polar surface area (TPSA) is 299 Å². The highest BCUT2D eigenvalue weighted by Gasteiger charge is 2.96. The van der Waals surface area contributed by atoms with Crippen molar-refractivity contribution in [3.05, 3.63) is 33.2 Å². The number of ether oxygens (including phenoxy) is 1. The van der Waals surface area contributed by atoms with Crippen molar-refractivity contribution in [2.45, 2.75) is 29.5 Å². The Morgan fingerprint density at radius 1 is 1.26 bits per heavy atom. The number of fused-ring (bicyclic) bond motifs is 1. The molecular formula is C10H13F2N6O13P3. The second-order valence-electron chi connectivity index (χ2n) is 6.76. The highest BCUT2D eigenvalue weighted by atomic mass is 31.3. The Hall–Kier alpha value is -1.82. The van der Waals surface area contributed by atoms with Crippen molar-refractivity contribution in [3.8, 4) is 0 Å². The normalized spacial score (nSPS) is 33.3. The van der Waals surface area contributed by atoms with E-state index < -0.39 is 65.2 Å². The van der Waals surface area contributed by atoms with Crippen LogP contribution >= 0.6 is 23.5 Å². The molecule has 1 aliphatic carbocycles. The summed E-state index contributed by atoms with van der Waals surface area (Å²) in [5.41, 5.74) is 6.06. The average molecular weight is 556 g/mol. The van der Waals surface area contributed by atoms with Crippen LogP contribution in [-0.2, 0) is 31.6 Å². The predicted octanol–water partition coefficient (Wildman–Crippen LogP) is -0.505.